The molecule has 9 unspecified atom stereocenters. The van der Waals surface area contributed by atoms with Crippen molar-refractivity contribution in [1.29, 1.82) is 0 Å². The van der Waals surface area contributed by atoms with E-state index in [1.807, 2.05) is 0 Å². The van der Waals surface area contributed by atoms with Gasteiger partial charge in [-0.2, -0.15) is 0 Å². The summed E-state index contributed by atoms with van der Waals surface area (Å²) in [5, 5.41) is 0. The van der Waals surface area contributed by atoms with E-state index < -0.39 is 21.0 Å². The molecular formula is C49H56Cl2Hf. The number of hydrogen-bond acceptors (Lipinski definition) is 0. The Morgan fingerprint density at radius 2 is 1.06 bits per heavy atom. The molecule has 6 aliphatic rings. The van der Waals surface area contributed by atoms with Crippen LogP contribution in [-0.2, 0) is 21.0 Å². The van der Waals surface area contributed by atoms with Crippen LogP contribution in [0.4, 0.5) is 0 Å². The van der Waals surface area contributed by atoms with Gasteiger partial charge < -0.3 is 24.8 Å². The summed E-state index contributed by atoms with van der Waals surface area (Å²) in [5.41, 5.74) is 6.51. The van der Waals surface area contributed by atoms with Gasteiger partial charge >= 0.3 is 312 Å². The quantitative estimate of drug-likeness (QED) is 0.305. The first-order valence-corrected chi connectivity index (χ1v) is 24.7. The summed E-state index contributed by atoms with van der Waals surface area (Å²) in [6.07, 6.45) is 36.3. The number of rotatable bonds is 4. The van der Waals surface area contributed by atoms with Crippen molar-refractivity contribution in [3.8, 4) is 0 Å². The van der Waals surface area contributed by atoms with Gasteiger partial charge in [0.05, 0.1) is 0 Å². The third-order valence-electron chi connectivity index (χ3n) is 16.9. The van der Waals surface area contributed by atoms with Crippen molar-refractivity contribution in [3.05, 3.63) is 165 Å². The Balaban J connectivity index is 0.00000232. The van der Waals surface area contributed by atoms with Gasteiger partial charge in [-0.3, -0.25) is 0 Å². The Morgan fingerprint density at radius 1 is 0.577 bits per heavy atom. The number of allylic oxidation sites excluding steroid dienone is 16. The van der Waals surface area contributed by atoms with E-state index in [0.29, 0.717) is 9.59 Å². The molecule has 52 heavy (non-hydrogen) atoms. The fourth-order valence-corrected chi connectivity index (χ4v) is 29.7. The zero-order valence-electron chi connectivity index (χ0n) is 32.8. The molecule has 0 bridgehead atoms. The molecule has 8 rings (SSSR count). The summed E-state index contributed by atoms with van der Waals surface area (Å²) in [6.45, 7) is 25.8. The van der Waals surface area contributed by atoms with Crippen LogP contribution in [0.15, 0.2) is 142 Å². The molecule has 270 valence electrons. The zero-order chi connectivity index (χ0) is 35.5. The monoisotopic (exact) mass is 894 g/mol. The molecule has 0 radical (unpaired) electrons. The van der Waals surface area contributed by atoms with Crippen LogP contribution in [0.5, 0.6) is 0 Å². The molecule has 2 aromatic carbocycles. The van der Waals surface area contributed by atoms with Gasteiger partial charge in [0.25, 0.3) is 0 Å². The van der Waals surface area contributed by atoms with Crippen LogP contribution in [-0.4, -0.2) is 3.26 Å². The van der Waals surface area contributed by atoms with Crippen LogP contribution in [0, 0.1) is 57.7 Å². The van der Waals surface area contributed by atoms with Crippen molar-refractivity contribution in [2.45, 2.75) is 79.3 Å². The fraction of sp³-hybridized carbons (Fsp3) is 0.408. The van der Waals surface area contributed by atoms with Crippen LogP contribution in [0.25, 0.3) is 0 Å². The van der Waals surface area contributed by atoms with E-state index in [9.17, 15) is 0 Å². The Labute approximate surface area is 334 Å². The molecule has 3 heteroatoms. The van der Waals surface area contributed by atoms with Gasteiger partial charge in [-0.15, -0.1) is 0 Å². The van der Waals surface area contributed by atoms with Crippen molar-refractivity contribution in [3.63, 3.8) is 0 Å². The number of hydrogen-bond donors (Lipinski definition) is 0. The molecule has 2 saturated carbocycles. The number of halogens is 2. The van der Waals surface area contributed by atoms with E-state index in [4.69, 9.17) is 0 Å². The van der Waals surface area contributed by atoms with Gasteiger partial charge in [0.15, 0.2) is 0 Å². The molecular weight excluding hydrogens is 838 g/mol. The largest absolute Gasteiger partial charge is 1.00 e. The topological polar surface area (TPSA) is 0 Å². The van der Waals surface area contributed by atoms with Crippen molar-refractivity contribution in [1.82, 2.24) is 0 Å². The summed E-state index contributed by atoms with van der Waals surface area (Å²) >= 11 is -3.20. The Hall–Kier alpha value is -2.32. The van der Waals surface area contributed by atoms with Crippen LogP contribution in [0.2, 0.25) is 3.67 Å². The summed E-state index contributed by atoms with van der Waals surface area (Å²) in [5.74, 6) is 0.427. The molecule has 0 aliphatic heterocycles. The Morgan fingerprint density at radius 3 is 1.56 bits per heavy atom. The van der Waals surface area contributed by atoms with E-state index in [1.54, 1.807) is 12.2 Å². The van der Waals surface area contributed by atoms with E-state index in [2.05, 4.69) is 203 Å². The fourth-order valence-electron chi connectivity index (χ4n) is 13.3. The Kier molecular flexibility index (Phi) is 9.76. The van der Waals surface area contributed by atoms with Crippen LogP contribution in [0.3, 0.4) is 0 Å². The van der Waals surface area contributed by atoms with E-state index in [-0.39, 0.29) is 62.7 Å². The van der Waals surface area contributed by atoms with Crippen molar-refractivity contribution >= 4 is 3.26 Å². The second-order valence-electron chi connectivity index (χ2n) is 17.9. The minimum absolute atomic E-state index is 0. The molecule has 0 nitrogen and oxygen atoms in total. The molecule has 9 atom stereocenters. The maximum absolute atomic E-state index is 3.20. The summed E-state index contributed by atoms with van der Waals surface area (Å²) in [6, 6.07) is 19.2. The maximum Gasteiger partial charge on any atom is -1.00 e. The second kappa shape index (κ2) is 12.9. The average molecular weight is 894 g/mol. The molecule has 0 amide bonds. The van der Waals surface area contributed by atoms with Crippen LogP contribution < -0.4 is 24.8 Å². The molecule has 0 spiro atoms. The van der Waals surface area contributed by atoms with E-state index in [1.165, 1.54) is 22.3 Å². The predicted octanol–water partition coefficient (Wildman–Crippen LogP) is 6.59. The first kappa shape index (κ1) is 39.4. The van der Waals surface area contributed by atoms with Gasteiger partial charge in [0.2, 0.25) is 0 Å². The Bertz CT molecular complexity index is 2020. The first-order valence-electron chi connectivity index (χ1n) is 19.0. The van der Waals surface area contributed by atoms with Crippen molar-refractivity contribution < 1.29 is 45.8 Å². The number of benzene rings is 2. The molecule has 2 fully saturated rings. The first-order chi connectivity index (χ1) is 23.7. The van der Waals surface area contributed by atoms with Crippen LogP contribution in [0.1, 0.15) is 84.1 Å². The third-order valence-corrected chi connectivity index (χ3v) is 30.3. The molecule has 0 aromatic heterocycles. The summed E-state index contributed by atoms with van der Waals surface area (Å²) < 4.78 is 3.98. The van der Waals surface area contributed by atoms with Gasteiger partial charge in [-0.05, 0) is 0 Å². The summed E-state index contributed by atoms with van der Waals surface area (Å²) in [4.78, 5) is 0. The minimum Gasteiger partial charge on any atom is -1.00 e. The molecule has 6 aliphatic carbocycles. The van der Waals surface area contributed by atoms with Gasteiger partial charge in [0, 0.05) is 0 Å². The number of aryl methyl sites for hydroxylation is 2. The zero-order valence-corrected chi connectivity index (χ0v) is 37.9. The maximum atomic E-state index is 2.82. The van der Waals surface area contributed by atoms with Crippen molar-refractivity contribution in [2.75, 3.05) is 0 Å². The van der Waals surface area contributed by atoms with Crippen LogP contribution >= 0.6 is 0 Å². The number of fused-ring (bicyclic) bond motifs is 8. The molecule has 2 aromatic rings. The molecule has 0 heterocycles. The second-order valence-corrected chi connectivity index (χ2v) is 27.2. The molecule has 0 saturated heterocycles. The van der Waals surface area contributed by atoms with E-state index in [0.717, 1.165) is 6.42 Å². The van der Waals surface area contributed by atoms with E-state index >= 15 is 0 Å². The van der Waals surface area contributed by atoms with Gasteiger partial charge in [-0.25, -0.2) is 0 Å². The third kappa shape index (κ3) is 4.40. The van der Waals surface area contributed by atoms with Crippen molar-refractivity contribution in [2.24, 2.45) is 43.8 Å². The summed E-state index contributed by atoms with van der Waals surface area (Å²) in [7, 11) is 0. The average Bonchev–Trinajstić information content (AvgIpc) is 3.69. The smallest absolute Gasteiger partial charge is 1.00 e. The normalized spacial score (nSPS) is 39.9. The standard InChI is InChI=1S/C29H37.C15H14.C5H5.2ClH.Hf/c1-21-14-13-15-22-20-27(6)25(4)18-10-9-16-23(25,2)24(3)17-11-12-19-26(24,5)29(27,8)28(21,22)7;1-12-3-7-14(8-4-12)11-15-9-5-13(2)6-10-15;1-2-4-5-3-1;;;/h9-20,22H,1-8H3;3-10H,1-2H3;1-3H,4H2;2*1H;/q;;;;;+2/p-2. The van der Waals surface area contributed by atoms with Gasteiger partial charge in [0.1, 0.15) is 0 Å². The van der Waals surface area contributed by atoms with Gasteiger partial charge in [-0.1, -0.05) is 0 Å². The predicted molar refractivity (Wildman–Crippen MR) is 211 cm³/mol. The molecule has 0 N–H and O–H groups in total. The minimum atomic E-state index is -3.20. The SMILES string of the molecule is CC1=CC=CC2[CH]([Hf+2]([C]3=CC=CC3)=[C](c3ccc(C)cc3)c3ccc(C)cc3)C3(C)C4(C)C=CC=CC4(C)C4(C)C=CC=CC4(C)C3(C)C12C.[Cl-].[Cl-].